The monoisotopic (exact) mass is 290 g/mol. The first-order valence-corrected chi connectivity index (χ1v) is 6.75. The molecular formula is C14H18N4OS. The molecule has 0 bridgehead atoms. The van der Waals surface area contributed by atoms with Crippen LogP contribution >= 0.6 is 12.2 Å². The number of rotatable bonds is 5. The largest absolute Gasteiger partial charge is 0.363 e. The van der Waals surface area contributed by atoms with Gasteiger partial charge in [-0.25, -0.2) is 0 Å². The van der Waals surface area contributed by atoms with Gasteiger partial charge in [0.25, 0.3) is 5.91 Å². The fraction of sp³-hybridized carbons (Fsp3) is 0.357. The van der Waals surface area contributed by atoms with Gasteiger partial charge in [-0.05, 0) is 24.7 Å². The van der Waals surface area contributed by atoms with Gasteiger partial charge >= 0.3 is 0 Å². The molecule has 1 rings (SSSR count). The van der Waals surface area contributed by atoms with Crippen molar-refractivity contribution in [2.75, 3.05) is 13.6 Å². The average molecular weight is 290 g/mol. The number of likely N-dealkylation sites (N-methyl/N-ethyl adjacent to an activating group) is 1. The Morgan fingerprint density at radius 2 is 2.10 bits per heavy atom. The minimum absolute atomic E-state index is 0.309. The van der Waals surface area contributed by atoms with Crippen molar-refractivity contribution in [3.63, 3.8) is 0 Å². The van der Waals surface area contributed by atoms with Gasteiger partial charge in [0, 0.05) is 20.0 Å². The second-order valence-corrected chi connectivity index (χ2v) is 4.65. The molecule has 6 heteroatoms. The third-order valence-corrected chi connectivity index (χ3v) is 2.97. The highest BCUT2D eigenvalue weighted by atomic mass is 32.1. The van der Waals surface area contributed by atoms with Crippen molar-refractivity contribution in [2.45, 2.75) is 19.4 Å². The average Bonchev–Trinajstić information content (AvgIpc) is 2.46. The minimum Gasteiger partial charge on any atom is -0.363 e. The number of nitrogens with zero attached hydrogens (tertiary/aromatic N) is 2. The van der Waals surface area contributed by atoms with Gasteiger partial charge < -0.3 is 10.6 Å². The van der Waals surface area contributed by atoms with E-state index in [4.69, 9.17) is 17.5 Å². The third kappa shape index (κ3) is 4.86. The summed E-state index contributed by atoms with van der Waals surface area (Å²) in [5.41, 5.74) is 1.00. The lowest BCUT2D eigenvalue weighted by Crippen LogP contribution is -2.50. The highest BCUT2D eigenvalue weighted by Gasteiger charge is 2.23. The highest BCUT2D eigenvalue weighted by Crippen LogP contribution is 2.05. The molecule has 1 unspecified atom stereocenters. The van der Waals surface area contributed by atoms with E-state index >= 15 is 0 Å². The van der Waals surface area contributed by atoms with Crippen LogP contribution in [0.15, 0.2) is 30.3 Å². The van der Waals surface area contributed by atoms with Gasteiger partial charge in [0.05, 0.1) is 0 Å². The van der Waals surface area contributed by atoms with Crippen LogP contribution in [0.3, 0.4) is 0 Å². The molecule has 0 aliphatic heterocycles. The molecule has 0 aliphatic rings. The Labute approximate surface area is 124 Å². The standard InChI is InChI=1S/C14H18N4OS/c1-3-16-14(20)17-12(13(19)18(2)10-15)9-11-7-5-4-6-8-11/h4-8,12H,3,9H2,1-2H3,(H2,16,17,20). The zero-order chi connectivity index (χ0) is 15.0. The van der Waals surface area contributed by atoms with Crippen LogP contribution in [0, 0.1) is 11.5 Å². The summed E-state index contributed by atoms with van der Waals surface area (Å²) in [6.07, 6.45) is 2.29. The van der Waals surface area contributed by atoms with Gasteiger partial charge in [-0.2, -0.15) is 5.26 Å². The Morgan fingerprint density at radius 1 is 1.45 bits per heavy atom. The zero-order valence-corrected chi connectivity index (χ0v) is 12.4. The molecule has 0 radical (unpaired) electrons. The Kier molecular flexibility index (Phi) is 6.47. The first-order chi connectivity index (χ1) is 9.58. The summed E-state index contributed by atoms with van der Waals surface area (Å²) in [6, 6.07) is 9.04. The number of thiocarbonyl (C=S) groups is 1. The summed E-state index contributed by atoms with van der Waals surface area (Å²) in [7, 11) is 1.44. The van der Waals surface area contributed by atoms with Gasteiger partial charge in [0.1, 0.15) is 6.04 Å². The molecule has 106 valence electrons. The van der Waals surface area contributed by atoms with Gasteiger partial charge in [-0.15, -0.1) is 0 Å². The number of benzene rings is 1. The van der Waals surface area contributed by atoms with E-state index in [2.05, 4.69) is 10.6 Å². The Hall–Kier alpha value is -2.13. The predicted octanol–water partition coefficient (Wildman–Crippen LogP) is 1.02. The lowest BCUT2D eigenvalue weighted by Gasteiger charge is -2.21. The molecule has 1 aromatic carbocycles. The van der Waals surface area contributed by atoms with Crippen LogP contribution in [0.5, 0.6) is 0 Å². The lowest BCUT2D eigenvalue weighted by atomic mass is 10.1. The van der Waals surface area contributed by atoms with Crippen molar-refractivity contribution in [3.8, 4) is 6.19 Å². The van der Waals surface area contributed by atoms with Gasteiger partial charge in [-0.3, -0.25) is 9.69 Å². The first-order valence-electron chi connectivity index (χ1n) is 6.34. The Bertz CT molecular complexity index is 498. The van der Waals surface area contributed by atoms with E-state index in [0.29, 0.717) is 18.1 Å². The van der Waals surface area contributed by atoms with Crippen LogP contribution < -0.4 is 10.6 Å². The Balaban J connectivity index is 2.81. The van der Waals surface area contributed by atoms with E-state index in [1.165, 1.54) is 7.05 Å². The lowest BCUT2D eigenvalue weighted by molar-refractivity contribution is -0.128. The van der Waals surface area contributed by atoms with Crippen molar-refractivity contribution in [1.82, 2.24) is 15.5 Å². The number of amides is 1. The topological polar surface area (TPSA) is 68.2 Å². The van der Waals surface area contributed by atoms with E-state index < -0.39 is 6.04 Å². The molecule has 2 N–H and O–H groups in total. The maximum atomic E-state index is 12.2. The second kappa shape index (κ2) is 8.12. The maximum Gasteiger partial charge on any atom is 0.258 e. The number of carbonyl (C=O) groups is 1. The van der Waals surface area contributed by atoms with Crippen molar-refractivity contribution in [2.24, 2.45) is 0 Å². The first kappa shape index (κ1) is 15.9. The molecule has 1 atom stereocenters. The number of hydrogen-bond donors (Lipinski definition) is 2. The van der Waals surface area contributed by atoms with Crippen molar-refractivity contribution < 1.29 is 4.79 Å². The fourth-order valence-corrected chi connectivity index (χ4v) is 1.99. The third-order valence-electron chi connectivity index (χ3n) is 2.70. The van der Waals surface area contributed by atoms with Crippen LogP contribution in [0.2, 0.25) is 0 Å². The molecule has 0 aliphatic carbocycles. The van der Waals surface area contributed by atoms with Gasteiger partial charge in [-0.1, -0.05) is 30.3 Å². The molecule has 0 heterocycles. The quantitative estimate of drug-likeness (QED) is 0.481. The van der Waals surface area contributed by atoms with Crippen molar-refractivity contribution in [3.05, 3.63) is 35.9 Å². The SMILES string of the molecule is CCNC(=S)NC(Cc1ccccc1)C(=O)N(C)C#N. The van der Waals surface area contributed by atoms with Crippen LogP contribution in [0.1, 0.15) is 12.5 Å². The fourth-order valence-electron chi connectivity index (χ4n) is 1.70. The minimum atomic E-state index is -0.561. The van der Waals surface area contributed by atoms with Crippen molar-refractivity contribution in [1.29, 1.82) is 5.26 Å². The number of nitrogens with one attached hydrogen (secondary N) is 2. The predicted molar refractivity (Wildman–Crippen MR) is 81.7 cm³/mol. The summed E-state index contributed by atoms with van der Waals surface area (Å²) < 4.78 is 0. The van der Waals surface area contributed by atoms with E-state index in [1.54, 1.807) is 0 Å². The second-order valence-electron chi connectivity index (χ2n) is 4.24. The molecule has 0 saturated carbocycles. The van der Waals surface area contributed by atoms with Gasteiger partial charge in [0.2, 0.25) is 0 Å². The van der Waals surface area contributed by atoms with Crippen LogP contribution in [0.4, 0.5) is 0 Å². The van der Waals surface area contributed by atoms with E-state index in [0.717, 1.165) is 10.5 Å². The van der Waals surface area contributed by atoms with Crippen LogP contribution in [-0.2, 0) is 11.2 Å². The maximum absolute atomic E-state index is 12.2. The summed E-state index contributed by atoms with van der Waals surface area (Å²) >= 11 is 5.11. The van der Waals surface area contributed by atoms with E-state index in [-0.39, 0.29) is 5.91 Å². The van der Waals surface area contributed by atoms with Crippen molar-refractivity contribution >= 4 is 23.2 Å². The summed E-state index contributed by atoms with van der Waals surface area (Å²) in [6.45, 7) is 2.59. The molecule has 5 nitrogen and oxygen atoms in total. The van der Waals surface area contributed by atoms with E-state index in [9.17, 15) is 4.79 Å². The molecule has 0 fully saturated rings. The Morgan fingerprint density at radius 3 is 2.65 bits per heavy atom. The molecular weight excluding hydrogens is 272 g/mol. The molecule has 0 saturated heterocycles. The van der Waals surface area contributed by atoms with Gasteiger partial charge in [0.15, 0.2) is 11.3 Å². The number of hydrogen-bond acceptors (Lipinski definition) is 3. The molecule has 0 spiro atoms. The molecule has 0 aromatic heterocycles. The molecule has 1 amide bonds. The highest BCUT2D eigenvalue weighted by molar-refractivity contribution is 7.80. The smallest absolute Gasteiger partial charge is 0.258 e. The normalized spacial score (nSPS) is 11.1. The van der Waals surface area contributed by atoms with E-state index in [1.807, 2.05) is 43.4 Å². The summed E-state index contributed by atoms with van der Waals surface area (Å²) in [4.78, 5) is 13.2. The molecule has 1 aromatic rings. The number of nitriles is 1. The van der Waals surface area contributed by atoms with Crippen LogP contribution in [-0.4, -0.2) is 35.6 Å². The molecule has 20 heavy (non-hydrogen) atoms. The summed E-state index contributed by atoms with van der Waals surface area (Å²) in [5.74, 6) is -0.309. The van der Waals surface area contributed by atoms with Crippen LogP contribution in [0.25, 0.3) is 0 Å². The summed E-state index contributed by atoms with van der Waals surface area (Å²) in [5, 5.41) is 15.1. The number of carbonyl (C=O) groups excluding carboxylic acids is 1. The zero-order valence-electron chi connectivity index (χ0n) is 11.6.